The van der Waals surface area contributed by atoms with E-state index in [9.17, 15) is 9.59 Å². The van der Waals surface area contributed by atoms with Gasteiger partial charge in [-0.2, -0.15) is 0 Å². The molecule has 150 valence electrons. The summed E-state index contributed by atoms with van der Waals surface area (Å²) >= 11 is 0. The van der Waals surface area contributed by atoms with Gasteiger partial charge in [0, 0.05) is 36.6 Å². The van der Waals surface area contributed by atoms with Crippen molar-refractivity contribution in [2.75, 3.05) is 46.9 Å². The Bertz CT molecular complexity index is 829. The molecule has 1 N–H and O–H groups in total. The standard InChI is InChI=1S/C21H28N4O3/c1-23(2)16-7-5-9-24(13-16)21(27)19-14-28-11-10-25(19)20(26)18-12-15-6-3-4-8-17(15)22-18/h3-4,6,8,12,16,19,22H,5,7,9-11,13-14H2,1-2H3. The van der Waals surface area contributed by atoms with Crippen LogP contribution in [0.1, 0.15) is 23.3 Å². The van der Waals surface area contributed by atoms with E-state index in [1.807, 2.05) is 49.3 Å². The summed E-state index contributed by atoms with van der Waals surface area (Å²) in [6.45, 7) is 2.59. The molecule has 28 heavy (non-hydrogen) atoms. The Morgan fingerprint density at radius 3 is 2.82 bits per heavy atom. The van der Waals surface area contributed by atoms with Gasteiger partial charge in [0.05, 0.1) is 13.2 Å². The third-order valence-electron chi connectivity index (χ3n) is 5.87. The summed E-state index contributed by atoms with van der Waals surface area (Å²) in [6.07, 6.45) is 2.08. The molecule has 0 aliphatic carbocycles. The molecule has 0 saturated carbocycles. The van der Waals surface area contributed by atoms with Gasteiger partial charge in [0.15, 0.2) is 0 Å². The van der Waals surface area contributed by atoms with Crippen molar-refractivity contribution in [2.24, 2.45) is 0 Å². The van der Waals surface area contributed by atoms with E-state index in [4.69, 9.17) is 4.74 Å². The van der Waals surface area contributed by atoms with Gasteiger partial charge in [-0.3, -0.25) is 9.59 Å². The van der Waals surface area contributed by atoms with Gasteiger partial charge in [0.25, 0.3) is 5.91 Å². The molecule has 4 rings (SSSR count). The lowest BCUT2D eigenvalue weighted by Gasteiger charge is -2.41. The van der Waals surface area contributed by atoms with E-state index in [1.54, 1.807) is 4.90 Å². The molecule has 2 aromatic rings. The molecular formula is C21H28N4O3. The fourth-order valence-electron chi connectivity index (χ4n) is 4.18. The van der Waals surface area contributed by atoms with E-state index in [0.29, 0.717) is 31.4 Å². The van der Waals surface area contributed by atoms with Crippen LogP contribution in [0.5, 0.6) is 0 Å². The van der Waals surface area contributed by atoms with Gasteiger partial charge < -0.3 is 24.4 Å². The molecule has 3 heterocycles. The van der Waals surface area contributed by atoms with E-state index >= 15 is 0 Å². The number of hydrogen-bond donors (Lipinski definition) is 1. The number of fused-ring (bicyclic) bond motifs is 1. The maximum absolute atomic E-state index is 13.3. The van der Waals surface area contributed by atoms with Crippen molar-refractivity contribution in [3.63, 3.8) is 0 Å². The number of carbonyl (C=O) groups is 2. The number of likely N-dealkylation sites (N-methyl/N-ethyl adjacent to an activating group) is 1. The Morgan fingerprint density at radius 2 is 2.04 bits per heavy atom. The van der Waals surface area contributed by atoms with Gasteiger partial charge in [-0.25, -0.2) is 0 Å². The maximum Gasteiger partial charge on any atom is 0.271 e. The minimum Gasteiger partial charge on any atom is -0.377 e. The Kier molecular flexibility index (Phi) is 5.37. The zero-order chi connectivity index (χ0) is 19.7. The normalized spacial score (nSPS) is 23.4. The third kappa shape index (κ3) is 3.64. The average Bonchev–Trinajstić information content (AvgIpc) is 3.17. The number of nitrogens with zero attached hydrogens (tertiary/aromatic N) is 3. The predicted octanol–water partition coefficient (Wildman–Crippen LogP) is 1.56. The molecule has 0 spiro atoms. The number of aromatic amines is 1. The monoisotopic (exact) mass is 384 g/mol. The molecular weight excluding hydrogens is 356 g/mol. The number of para-hydroxylation sites is 1. The van der Waals surface area contributed by atoms with E-state index in [-0.39, 0.29) is 18.4 Å². The number of likely N-dealkylation sites (tertiary alicyclic amines) is 1. The van der Waals surface area contributed by atoms with Gasteiger partial charge in [0.1, 0.15) is 11.7 Å². The smallest absolute Gasteiger partial charge is 0.271 e. The molecule has 2 aliphatic heterocycles. The number of H-pyrrole nitrogens is 1. The number of ether oxygens (including phenoxy) is 1. The third-order valence-corrected chi connectivity index (χ3v) is 5.87. The number of piperidine rings is 1. The summed E-state index contributed by atoms with van der Waals surface area (Å²) in [6, 6.07) is 9.46. The Balaban J connectivity index is 1.53. The van der Waals surface area contributed by atoms with Crippen LogP contribution in [0.3, 0.4) is 0 Å². The quantitative estimate of drug-likeness (QED) is 0.872. The van der Waals surface area contributed by atoms with Crippen molar-refractivity contribution in [1.29, 1.82) is 0 Å². The zero-order valence-electron chi connectivity index (χ0n) is 16.6. The zero-order valence-corrected chi connectivity index (χ0v) is 16.6. The van der Waals surface area contributed by atoms with Gasteiger partial charge >= 0.3 is 0 Å². The van der Waals surface area contributed by atoms with Gasteiger partial charge in [-0.1, -0.05) is 18.2 Å². The van der Waals surface area contributed by atoms with Crippen molar-refractivity contribution < 1.29 is 14.3 Å². The highest BCUT2D eigenvalue weighted by Gasteiger charge is 2.38. The number of rotatable bonds is 3. The topological polar surface area (TPSA) is 68.9 Å². The van der Waals surface area contributed by atoms with Gasteiger partial charge in [-0.05, 0) is 39.1 Å². The lowest BCUT2D eigenvalue weighted by Crippen LogP contribution is -2.59. The SMILES string of the molecule is CN(C)C1CCCN(C(=O)C2COCCN2C(=O)c2cc3ccccc3[nH]2)C1. The second-order valence-corrected chi connectivity index (χ2v) is 7.90. The molecule has 1 aromatic heterocycles. The highest BCUT2D eigenvalue weighted by atomic mass is 16.5. The van der Waals surface area contributed by atoms with E-state index in [0.717, 1.165) is 30.3 Å². The molecule has 2 amide bonds. The summed E-state index contributed by atoms with van der Waals surface area (Å²) in [5.41, 5.74) is 1.44. The molecule has 7 nitrogen and oxygen atoms in total. The maximum atomic E-state index is 13.3. The first kappa shape index (κ1) is 19.0. The minimum absolute atomic E-state index is 0.00397. The van der Waals surface area contributed by atoms with Crippen molar-refractivity contribution >= 4 is 22.7 Å². The molecule has 7 heteroatoms. The Morgan fingerprint density at radius 1 is 1.21 bits per heavy atom. The van der Waals surface area contributed by atoms with Crippen LogP contribution in [-0.4, -0.2) is 90.5 Å². The Labute approximate surface area is 165 Å². The van der Waals surface area contributed by atoms with Crippen LogP contribution >= 0.6 is 0 Å². The van der Waals surface area contributed by atoms with E-state index in [1.165, 1.54) is 0 Å². The summed E-state index contributed by atoms with van der Waals surface area (Å²) in [7, 11) is 4.10. The minimum atomic E-state index is -0.562. The fourth-order valence-corrected chi connectivity index (χ4v) is 4.18. The summed E-state index contributed by atoms with van der Waals surface area (Å²) in [5, 5.41) is 0.992. The second-order valence-electron chi connectivity index (χ2n) is 7.90. The second kappa shape index (κ2) is 7.93. The average molecular weight is 384 g/mol. The molecule has 2 fully saturated rings. The van der Waals surface area contributed by atoms with Crippen LogP contribution in [0.25, 0.3) is 10.9 Å². The first-order chi connectivity index (χ1) is 13.5. The molecule has 2 aliphatic rings. The van der Waals surface area contributed by atoms with Crippen molar-refractivity contribution in [3.05, 3.63) is 36.0 Å². The molecule has 2 atom stereocenters. The number of amides is 2. The number of carbonyl (C=O) groups excluding carboxylic acids is 2. The van der Waals surface area contributed by atoms with Gasteiger partial charge in [0.2, 0.25) is 5.91 Å². The Hall–Kier alpha value is -2.38. The number of hydrogen-bond acceptors (Lipinski definition) is 4. The number of benzene rings is 1. The summed E-state index contributed by atoms with van der Waals surface area (Å²) < 4.78 is 5.58. The highest BCUT2D eigenvalue weighted by Crippen LogP contribution is 2.21. The number of nitrogens with one attached hydrogen (secondary N) is 1. The highest BCUT2D eigenvalue weighted by molar-refractivity contribution is 6.00. The van der Waals surface area contributed by atoms with Crippen LogP contribution in [0.15, 0.2) is 30.3 Å². The van der Waals surface area contributed by atoms with Crippen molar-refractivity contribution in [3.8, 4) is 0 Å². The van der Waals surface area contributed by atoms with Crippen LogP contribution < -0.4 is 0 Å². The number of aromatic nitrogens is 1. The van der Waals surface area contributed by atoms with E-state index < -0.39 is 6.04 Å². The lowest BCUT2D eigenvalue weighted by molar-refractivity contribution is -0.143. The van der Waals surface area contributed by atoms with Crippen LogP contribution in [0.2, 0.25) is 0 Å². The lowest BCUT2D eigenvalue weighted by atomic mass is 10.0. The van der Waals surface area contributed by atoms with Crippen LogP contribution in [0.4, 0.5) is 0 Å². The molecule has 0 radical (unpaired) electrons. The first-order valence-corrected chi connectivity index (χ1v) is 9.96. The van der Waals surface area contributed by atoms with Gasteiger partial charge in [-0.15, -0.1) is 0 Å². The molecule has 2 unspecified atom stereocenters. The summed E-state index contributed by atoms with van der Waals surface area (Å²) in [4.78, 5) is 35.4. The molecule has 2 saturated heterocycles. The van der Waals surface area contributed by atoms with Crippen LogP contribution in [0, 0.1) is 0 Å². The fraction of sp³-hybridized carbons (Fsp3) is 0.524. The van der Waals surface area contributed by atoms with E-state index in [2.05, 4.69) is 9.88 Å². The number of morpholine rings is 1. The molecule has 0 bridgehead atoms. The largest absolute Gasteiger partial charge is 0.377 e. The summed E-state index contributed by atoms with van der Waals surface area (Å²) in [5.74, 6) is -0.144. The van der Waals surface area contributed by atoms with Crippen molar-refractivity contribution in [1.82, 2.24) is 19.7 Å². The molecule has 1 aromatic carbocycles. The van der Waals surface area contributed by atoms with Crippen molar-refractivity contribution in [2.45, 2.75) is 24.9 Å². The first-order valence-electron chi connectivity index (χ1n) is 9.96. The van der Waals surface area contributed by atoms with Crippen LogP contribution in [-0.2, 0) is 9.53 Å². The predicted molar refractivity (Wildman–Crippen MR) is 107 cm³/mol.